The summed E-state index contributed by atoms with van der Waals surface area (Å²) in [6.07, 6.45) is 8.05. The van der Waals surface area contributed by atoms with Crippen LogP contribution < -0.4 is 5.73 Å². The second-order valence-electron chi connectivity index (χ2n) is 4.96. The van der Waals surface area contributed by atoms with E-state index in [1.165, 1.54) is 42.6 Å². The number of benzene rings is 1. The van der Waals surface area contributed by atoms with Crippen molar-refractivity contribution in [2.75, 3.05) is 0 Å². The highest BCUT2D eigenvalue weighted by Crippen LogP contribution is 2.33. The molecule has 2 rings (SSSR count). The maximum Gasteiger partial charge on any atom is 0.0292 e. The third-order valence-corrected chi connectivity index (χ3v) is 4.95. The van der Waals surface area contributed by atoms with E-state index in [0.29, 0.717) is 0 Å². The Kier molecular flexibility index (Phi) is 4.93. The van der Waals surface area contributed by atoms with Crippen LogP contribution in [-0.4, -0.2) is 5.25 Å². The summed E-state index contributed by atoms with van der Waals surface area (Å²) in [7, 11) is 0. The molecule has 0 aliphatic heterocycles. The molecule has 17 heavy (non-hydrogen) atoms. The molecule has 1 unspecified atom stereocenters. The maximum absolute atomic E-state index is 6.02. The molecule has 1 aliphatic rings. The van der Waals surface area contributed by atoms with Crippen molar-refractivity contribution in [3.63, 3.8) is 0 Å². The highest BCUT2D eigenvalue weighted by molar-refractivity contribution is 8.00. The molecule has 1 aromatic carbocycles. The zero-order valence-corrected chi connectivity index (χ0v) is 11.5. The highest BCUT2D eigenvalue weighted by atomic mass is 32.2. The lowest BCUT2D eigenvalue weighted by atomic mass is 10.0. The van der Waals surface area contributed by atoms with E-state index >= 15 is 0 Å². The molecule has 1 aliphatic carbocycles. The van der Waals surface area contributed by atoms with Crippen LogP contribution in [0.5, 0.6) is 0 Å². The van der Waals surface area contributed by atoms with Crippen molar-refractivity contribution in [2.45, 2.75) is 61.6 Å². The van der Waals surface area contributed by atoms with Crippen LogP contribution in [0.15, 0.2) is 29.2 Å². The average molecular weight is 249 g/mol. The minimum atomic E-state index is 0.198. The normalized spacial score (nSPS) is 19.2. The lowest BCUT2D eigenvalue weighted by Crippen LogP contribution is -2.09. The number of rotatable bonds is 4. The predicted molar refractivity (Wildman–Crippen MR) is 76.4 cm³/mol. The molecule has 1 fully saturated rings. The second-order valence-corrected chi connectivity index (χ2v) is 6.34. The van der Waals surface area contributed by atoms with Crippen LogP contribution in [0.2, 0.25) is 0 Å². The van der Waals surface area contributed by atoms with Crippen molar-refractivity contribution in [3.8, 4) is 0 Å². The molecule has 0 saturated heterocycles. The van der Waals surface area contributed by atoms with E-state index in [0.717, 1.165) is 11.7 Å². The van der Waals surface area contributed by atoms with Gasteiger partial charge in [-0.3, -0.25) is 0 Å². The fourth-order valence-corrected chi connectivity index (χ4v) is 3.65. The Hall–Kier alpha value is -0.470. The van der Waals surface area contributed by atoms with Gasteiger partial charge in [-0.15, -0.1) is 11.8 Å². The predicted octanol–water partition coefficient (Wildman–Crippen LogP) is 4.52. The standard InChI is InChI=1S/C15H23NS/c1-2-15(16)12-8-10-14(11-9-12)17-13-6-4-3-5-7-13/h8-11,13,15H,2-7,16H2,1H3. The van der Waals surface area contributed by atoms with Crippen molar-refractivity contribution < 1.29 is 0 Å². The van der Waals surface area contributed by atoms with Crippen LogP contribution in [0.3, 0.4) is 0 Å². The minimum absolute atomic E-state index is 0.198. The van der Waals surface area contributed by atoms with Gasteiger partial charge in [0.15, 0.2) is 0 Å². The van der Waals surface area contributed by atoms with E-state index in [1.54, 1.807) is 0 Å². The molecule has 0 amide bonds. The van der Waals surface area contributed by atoms with Gasteiger partial charge in [0.2, 0.25) is 0 Å². The molecule has 0 aromatic heterocycles. The van der Waals surface area contributed by atoms with Gasteiger partial charge < -0.3 is 5.73 Å². The summed E-state index contributed by atoms with van der Waals surface area (Å²) in [4.78, 5) is 1.41. The van der Waals surface area contributed by atoms with Gasteiger partial charge in [0, 0.05) is 16.2 Å². The zero-order valence-electron chi connectivity index (χ0n) is 10.7. The topological polar surface area (TPSA) is 26.0 Å². The Morgan fingerprint density at radius 2 is 1.82 bits per heavy atom. The fourth-order valence-electron chi connectivity index (χ4n) is 2.40. The van der Waals surface area contributed by atoms with Crippen LogP contribution >= 0.6 is 11.8 Å². The van der Waals surface area contributed by atoms with Crippen molar-refractivity contribution in [1.82, 2.24) is 0 Å². The van der Waals surface area contributed by atoms with Gasteiger partial charge in [0.25, 0.3) is 0 Å². The first-order valence-electron chi connectivity index (χ1n) is 6.82. The van der Waals surface area contributed by atoms with Crippen LogP contribution in [0.1, 0.15) is 57.1 Å². The number of nitrogens with two attached hydrogens (primary N) is 1. The Labute approximate surface area is 109 Å². The van der Waals surface area contributed by atoms with Gasteiger partial charge in [0.1, 0.15) is 0 Å². The largest absolute Gasteiger partial charge is 0.324 e. The molecule has 2 N–H and O–H groups in total. The van der Waals surface area contributed by atoms with E-state index in [-0.39, 0.29) is 6.04 Å². The summed E-state index contributed by atoms with van der Waals surface area (Å²) >= 11 is 2.05. The van der Waals surface area contributed by atoms with E-state index < -0.39 is 0 Å². The molecule has 0 radical (unpaired) electrons. The summed E-state index contributed by atoms with van der Waals surface area (Å²) in [5, 5.41) is 0.842. The fraction of sp³-hybridized carbons (Fsp3) is 0.600. The van der Waals surface area contributed by atoms with Gasteiger partial charge in [0.05, 0.1) is 0 Å². The van der Waals surface area contributed by atoms with Crippen molar-refractivity contribution in [2.24, 2.45) is 5.73 Å². The summed E-state index contributed by atoms with van der Waals surface area (Å²) in [5.41, 5.74) is 7.29. The quantitative estimate of drug-likeness (QED) is 0.849. The molecule has 1 aromatic rings. The molecular weight excluding hydrogens is 226 g/mol. The van der Waals surface area contributed by atoms with Gasteiger partial charge >= 0.3 is 0 Å². The minimum Gasteiger partial charge on any atom is -0.324 e. The summed E-state index contributed by atoms with van der Waals surface area (Å²) < 4.78 is 0. The summed E-state index contributed by atoms with van der Waals surface area (Å²) in [6.45, 7) is 2.13. The summed E-state index contributed by atoms with van der Waals surface area (Å²) in [5.74, 6) is 0. The first-order valence-corrected chi connectivity index (χ1v) is 7.69. The molecule has 2 heteroatoms. The Bertz CT molecular complexity index is 327. The number of hydrogen-bond donors (Lipinski definition) is 1. The van der Waals surface area contributed by atoms with E-state index in [2.05, 4.69) is 43.0 Å². The Balaban J connectivity index is 1.93. The summed E-state index contributed by atoms with van der Waals surface area (Å²) in [6, 6.07) is 9.07. The lowest BCUT2D eigenvalue weighted by molar-refractivity contribution is 0.516. The molecule has 0 heterocycles. The zero-order chi connectivity index (χ0) is 12.1. The van der Waals surface area contributed by atoms with E-state index in [4.69, 9.17) is 5.73 Å². The van der Waals surface area contributed by atoms with Crippen LogP contribution in [-0.2, 0) is 0 Å². The van der Waals surface area contributed by atoms with E-state index in [9.17, 15) is 0 Å². The second kappa shape index (κ2) is 6.46. The van der Waals surface area contributed by atoms with Crippen molar-refractivity contribution in [3.05, 3.63) is 29.8 Å². The maximum atomic E-state index is 6.02. The average Bonchev–Trinajstić information content (AvgIpc) is 2.40. The highest BCUT2D eigenvalue weighted by Gasteiger charge is 2.14. The van der Waals surface area contributed by atoms with Gasteiger partial charge in [-0.25, -0.2) is 0 Å². The molecule has 1 atom stereocenters. The molecule has 0 bridgehead atoms. The van der Waals surface area contributed by atoms with Crippen molar-refractivity contribution in [1.29, 1.82) is 0 Å². The first kappa shape index (κ1) is 13.0. The van der Waals surface area contributed by atoms with Gasteiger partial charge in [-0.05, 0) is 37.0 Å². The smallest absolute Gasteiger partial charge is 0.0292 e. The van der Waals surface area contributed by atoms with Crippen molar-refractivity contribution >= 4 is 11.8 Å². The van der Waals surface area contributed by atoms with Crippen LogP contribution in [0.4, 0.5) is 0 Å². The van der Waals surface area contributed by atoms with Crippen LogP contribution in [0.25, 0.3) is 0 Å². The van der Waals surface area contributed by atoms with Gasteiger partial charge in [-0.1, -0.05) is 38.3 Å². The molecular formula is C15H23NS. The number of thioether (sulfide) groups is 1. The Morgan fingerprint density at radius 1 is 1.18 bits per heavy atom. The third-order valence-electron chi connectivity index (χ3n) is 3.60. The van der Waals surface area contributed by atoms with Crippen LogP contribution in [0, 0.1) is 0 Å². The number of hydrogen-bond acceptors (Lipinski definition) is 2. The first-order chi connectivity index (χ1) is 8.29. The SMILES string of the molecule is CCC(N)c1ccc(SC2CCCCC2)cc1. The monoisotopic (exact) mass is 249 g/mol. The molecule has 94 valence electrons. The van der Waals surface area contributed by atoms with E-state index in [1.807, 2.05) is 0 Å². The third kappa shape index (κ3) is 3.75. The molecule has 1 saturated carbocycles. The molecule has 0 spiro atoms. The lowest BCUT2D eigenvalue weighted by Gasteiger charge is -2.21. The Morgan fingerprint density at radius 3 is 2.41 bits per heavy atom. The molecule has 1 nitrogen and oxygen atoms in total. The van der Waals surface area contributed by atoms with Gasteiger partial charge in [-0.2, -0.15) is 0 Å².